The minimum absolute atomic E-state index is 0.0373. The number of nitro benzene ring substituents is 1. The van der Waals surface area contributed by atoms with Gasteiger partial charge in [0.05, 0.1) is 29.7 Å². The maximum absolute atomic E-state index is 11.6. The van der Waals surface area contributed by atoms with E-state index in [-0.39, 0.29) is 10.6 Å². The highest BCUT2D eigenvalue weighted by atomic mass is 32.2. The van der Waals surface area contributed by atoms with Crippen molar-refractivity contribution in [2.75, 3.05) is 14.2 Å². The SMILES string of the molecule is COc1ccc(-c2csc(/C=C/c3ccc(Sc4nccn4C)c([N+](=O)[O-])c3)n2)cc1OC. The molecule has 0 fully saturated rings. The van der Waals surface area contributed by atoms with Crippen LogP contribution in [-0.4, -0.2) is 33.7 Å². The summed E-state index contributed by atoms with van der Waals surface area (Å²) in [4.78, 5) is 20.7. The number of methoxy groups -OCH3 is 2. The molecule has 4 rings (SSSR count). The monoisotopic (exact) mass is 480 g/mol. The molecule has 0 spiro atoms. The maximum Gasteiger partial charge on any atom is 0.283 e. The zero-order chi connectivity index (χ0) is 23.4. The van der Waals surface area contributed by atoms with Gasteiger partial charge in [0.25, 0.3) is 5.69 Å². The number of rotatable bonds is 8. The van der Waals surface area contributed by atoms with Crippen molar-refractivity contribution in [2.45, 2.75) is 10.1 Å². The van der Waals surface area contributed by atoms with Crippen LogP contribution in [0.3, 0.4) is 0 Å². The van der Waals surface area contributed by atoms with E-state index in [0.29, 0.717) is 27.1 Å². The Kier molecular flexibility index (Phi) is 6.76. The molecule has 0 unspecified atom stereocenters. The van der Waals surface area contributed by atoms with Crippen molar-refractivity contribution in [1.82, 2.24) is 14.5 Å². The van der Waals surface area contributed by atoms with Gasteiger partial charge in [0.15, 0.2) is 16.7 Å². The first-order chi connectivity index (χ1) is 16.0. The average molecular weight is 481 g/mol. The molecule has 0 amide bonds. The van der Waals surface area contributed by atoms with E-state index in [4.69, 9.17) is 9.47 Å². The van der Waals surface area contributed by atoms with Crippen molar-refractivity contribution < 1.29 is 14.4 Å². The normalized spacial score (nSPS) is 11.1. The Morgan fingerprint density at radius 1 is 1.12 bits per heavy atom. The van der Waals surface area contributed by atoms with Gasteiger partial charge in [-0.15, -0.1) is 11.3 Å². The van der Waals surface area contributed by atoms with Crippen LogP contribution in [0.2, 0.25) is 0 Å². The second-order valence-electron chi connectivity index (χ2n) is 6.88. The molecule has 0 radical (unpaired) electrons. The number of nitrogens with zero attached hydrogens (tertiary/aromatic N) is 4. The number of benzene rings is 2. The summed E-state index contributed by atoms with van der Waals surface area (Å²) < 4.78 is 12.5. The van der Waals surface area contributed by atoms with E-state index in [1.54, 1.807) is 38.7 Å². The molecule has 2 heterocycles. The van der Waals surface area contributed by atoms with Crippen LogP contribution in [0.15, 0.2) is 64.2 Å². The largest absolute Gasteiger partial charge is 0.493 e. The van der Waals surface area contributed by atoms with Gasteiger partial charge in [-0.05, 0) is 47.7 Å². The Bertz CT molecular complexity index is 1330. The highest BCUT2D eigenvalue weighted by Gasteiger charge is 2.17. The summed E-state index contributed by atoms with van der Waals surface area (Å²) in [7, 11) is 5.04. The lowest BCUT2D eigenvalue weighted by Gasteiger charge is -2.08. The number of nitro groups is 1. The van der Waals surface area contributed by atoms with Crippen molar-refractivity contribution in [3.8, 4) is 22.8 Å². The van der Waals surface area contributed by atoms with E-state index in [2.05, 4.69) is 9.97 Å². The zero-order valence-corrected chi connectivity index (χ0v) is 19.7. The summed E-state index contributed by atoms with van der Waals surface area (Å²) in [5.74, 6) is 1.29. The van der Waals surface area contributed by atoms with Gasteiger partial charge in [-0.2, -0.15) is 0 Å². The summed E-state index contributed by atoms with van der Waals surface area (Å²) in [6, 6.07) is 10.8. The number of aryl methyl sites for hydroxylation is 1. The highest BCUT2D eigenvalue weighted by Crippen LogP contribution is 2.35. The molecule has 0 aliphatic rings. The molecule has 0 aliphatic heterocycles. The maximum atomic E-state index is 11.6. The minimum Gasteiger partial charge on any atom is -0.493 e. The molecule has 10 heteroatoms. The predicted molar refractivity (Wildman–Crippen MR) is 130 cm³/mol. The van der Waals surface area contributed by atoms with E-state index < -0.39 is 0 Å². The van der Waals surface area contributed by atoms with Crippen molar-refractivity contribution >= 4 is 40.9 Å². The zero-order valence-electron chi connectivity index (χ0n) is 18.1. The Hall–Kier alpha value is -3.63. The quantitative estimate of drug-likeness (QED) is 0.233. The minimum atomic E-state index is -0.374. The van der Waals surface area contributed by atoms with Gasteiger partial charge in [0.2, 0.25) is 0 Å². The van der Waals surface area contributed by atoms with Gasteiger partial charge in [0.1, 0.15) is 5.01 Å². The summed E-state index contributed by atoms with van der Waals surface area (Å²) in [5, 5.41) is 15.1. The summed E-state index contributed by atoms with van der Waals surface area (Å²) in [6.07, 6.45) is 7.13. The van der Waals surface area contributed by atoms with E-state index in [0.717, 1.165) is 16.3 Å². The molecule has 0 aliphatic carbocycles. The third kappa shape index (κ3) is 5.07. The molecule has 0 saturated heterocycles. The van der Waals surface area contributed by atoms with Gasteiger partial charge < -0.3 is 14.0 Å². The lowest BCUT2D eigenvalue weighted by molar-refractivity contribution is -0.387. The number of hydrogen-bond donors (Lipinski definition) is 0. The molecular weight excluding hydrogens is 460 g/mol. The van der Waals surface area contributed by atoms with Crippen molar-refractivity contribution in [1.29, 1.82) is 0 Å². The van der Waals surface area contributed by atoms with E-state index in [9.17, 15) is 10.1 Å². The lowest BCUT2D eigenvalue weighted by atomic mass is 10.1. The third-order valence-electron chi connectivity index (χ3n) is 4.78. The predicted octanol–water partition coefficient (Wildman–Crippen LogP) is 5.79. The molecule has 0 saturated carbocycles. The molecule has 0 bridgehead atoms. The molecule has 4 aromatic rings. The van der Waals surface area contributed by atoms with Crippen LogP contribution in [0.5, 0.6) is 11.5 Å². The fourth-order valence-electron chi connectivity index (χ4n) is 3.08. The second-order valence-corrected chi connectivity index (χ2v) is 8.78. The first-order valence-electron chi connectivity index (χ1n) is 9.78. The molecule has 168 valence electrons. The van der Waals surface area contributed by atoms with Gasteiger partial charge in [-0.3, -0.25) is 10.1 Å². The second kappa shape index (κ2) is 9.88. The van der Waals surface area contributed by atoms with Crippen LogP contribution >= 0.6 is 23.1 Å². The summed E-state index contributed by atoms with van der Waals surface area (Å²) in [6.45, 7) is 0. The number of hydrogen-bond acceptors (Lipinski definition) is 8. The fourth-order valence-corrected chi connectivity index (χ4v) is 4.68. The van der Waals surface area contributed by atoms with Crippen LogP contribution in [0.25, 0.3) is 23.4 Å². The van der Waals surface area contributed by atoms with Crippen molar-refractivity contribution in [2.24, 2.45) is 7.05 Å². The molecule has 2 aromatic carbocycles. The fraction of sp³-hybridized carbons (Fsp3) is 0.130. The smallest absolute Gasteiger partial charge is 0.283 e. The topological polar surface area (TPSA) is 92.3 Å². The van der Waals surface area contributed by atoms with Crippen LogP contribution in [0.4, 0.5) is 5.69 Å². The molecular formula is C23H20N4O4S2. The number of ether oxygens (including phenoxy) is 2. The first-order valence-corrected chi connectivity index (χ1v) is 11.5. The Labute approximate surface area is 198 Å². The number of aromatic nitrogens is 3. The molecule has 0 N–H and O–H groups in total. The first kappa shape index (κ1) is 22.6. The highest BCUT2D eigenvalue weighted by molar-refractivity contribution is 7.99. The summed E-state index contributed by atoms with van der Waals surface area (Å²) >= 11 is 2.75. The number of imidazole rings is 1. The Balaban J connectivity index is 1.55. The van der Waals surface area contributed by atoms with Gasteiger partial charge >= 0.3 is 0 Å². The van der Waals surface area contributed by atoms with Crippen molar-refractivity contribution in [3.05, 3.63) is 74.9 Å². The Morgan fingerprint density at radius 3 is 2.64 bits per heavy atom. The standard InChI is InChI=1S/C23H20N4O4S2/c1-26-11-10-24-23(26)33-21-8-4-15(12-18(21)27(28)29)5-9-22-25-17(14-32-22)16-6-7-19(30-2)20(13-16)31-3/h4-14H,1-3H3/b9-5+. The molecule has 33 heavy (non-hydrogen) atoms. The van der Waals surface area contributed by atoms with Gasteiger partial charge in [-0.25, -0.2) is 9.97 Å². The van der Waals surface area contributed by atoms with Crippen LogP contribution < -0.4 is 9.47 Å². The lowest BCUT2D eigenvalue weighted by Crippen LogP contribution is -1.94. The molecule has 8 nitrogen and oxygen atoms in total. The van der Waals surface area contributed by atoms with E-state index in [1.807, 2.05) is 53.4 Å². The summed E-state index contributed by atoms with van der Waals surface area (Å²) in [5.41, 5.74) is 2.48. The van der Waals surface area contributed by atoms with Crippen LogP contribution in [0, 0.1) is 10.1 Å². The van der Waals surface area contributed by atoms with Crippen LogP contribution in [-0.2, 0) is 7.05 Å². The van der Waals surface area contributed by atoms with Crippen molar-refractivity contribution in [3.63, 3.8) is 0 Å². The number of thiazole rings is 1. The van der Waals surface area contributed by atoms with E-state index in [1.165, 1.54) is 23.1 Å². The van der Waals surface area contributed by atoms with E-state index >= 15 is 0 Å². The van der Waals surface area contributed by atoms with Gasteiger partial charge in [-0.1, -0.05) is 12.1 Å². The third-order valence-corrected chi connectivity index (χ3v) is 6.73. The average Bonchev–Trinajstić information content (AvgIpc) is 3.47. The van der Waals surface area contributed by atoms with Crippen LogP contribution in [0.1, 0.15) is 10.6 Å². The van der Waals surface area contributed by atoms with Gasteiger partial charge in [0, 0.05) is 36.5 Å². The molecule has 0 atom stereocenters. The Morgan fingerprint density at radius 2 is 1.94 bits per heavy atom. The molecule has 2 aromatic heterocycles.